The zero-order valence-corrected chi connectivity index (χ0v) is 15.8. The van der Waals surface area contributed by atoms with Crippen molar-refractivity contribution in [1.29, 1.82) is 0 Å². The third-order valence-electron chi connectivity index (χ3n) is 5.77. The van der Waals surface area contributed by atoms with Gasteiger partial charge in [0.05, 0.1) is 26.1 Å². The molecular weight excluding hydrogens is 348 g/mol. The molecule has 0 radical (unpaired) electrons. The summed E-state index contributed by atoms with van der Waals surface area (Å²) < 4.78 is 7.24. The van der Waals surface area contributed by atoms with E-state index >= 15 is 0 Å². The summed E-state index contributed by atoms with van der Waals surface area (Å²) in [6.07, 6.45) is 6.00. The van der Waals surface area contributed by atoms with Crippen LogP contribution in [0.5, 0.6) is 0 Å². The van der Waals surface area contributed by atoms with E-state index in [0.29, 0.717) is 38.8 Å². The van der Waals surface area contributed by atoms with Crippen molar-refractivity contribution in [2.24, 2.45) is 0 Å². The van der Waals surface area contributed by atoms with Gasteiger partial charge in [0.1, 0.15) is 11.9 Å². The van der Waals surface area contributed by atoms with Crippen molar-refractivity contribution in [2.75, 3.05) is 51.4 Å². The van der Waals surface area contributed by atoms with Crippen LogP contribution in [0.2, 0.25) is 0 Å². The fraction of sp³-hybridized carbons (Fsp3) is 0.722. The van der Waals surface area contributed by atoms with Crippen LogP contribution in [0, 0.1) is 0 Å². The molecule has 9 nitrogen and oxygen atoms in total. The number of aliphatic hydroxyl groups excluding tert-OH is 1. The van der Waals surface area contributed by atoms with Gasteiger partial charge in [0.2, 0.25) is 0 Å². The van der Waals surface area contributed by atoms with Gasteiger partial charge in [0.25, 0.3) is 0 Å². The van der Waals surface area contributed by atoms with Gasteiger partial charge < -0.3 is 29.3 Å². The number of nitrogens with zero attached hydrogens (tertiary/aromatic N) is 6. The van der Waals surface area contributed by atoms with Gasteiger partial charge in [-0.1, -0.05) is 0 Å². The second-order valence-corrected chi connectivity index (χ2v) is 7.69. The van der Waals surface area contributed by atoms with E-state index in [4.69, 9.17) is 9.84 Å². The zero-order valence-electron chi connectivity index (χ0n) is 15.8. The Labute approximate surface area is 158 Å². The van der Waals surface area contributed by atoms with Crippen LogP contribution in [0.1, 0.15) is 19.3 Å². The fourth-order valence-electron chi connectivity index (χ4n) is 4.11. The van der Waals surface area contributed by atoms with E-state index in [1.165, 1.54) is 0 Å². The topological polar surface area (TPSA) is 99.8 Å². The van der Waals surface area contributed by atoms with Crippen molar-refractivity contribution in [1.82, 2.24) is 24.4 Å². The zero-order chi connectivity index (χ0) is 18.9. The quantitative estimate of drug-likeness (QED) is 0.719. The van der Waals surface area contributed by atoms with Crippen LogP contribution in [-0.4, -0.2) is 92.8 Å². The number of ether oxygens (including phenoxy) is 1. The predicted octanol–water partition coefficient (Wildman–Crippen LogP) is -0.129. The molecule has 2 N–H and O–H groups in total. The van der Waals surface area contributed by atoms with Gasteiger partial charge in [-0.25, -0.2) is 15.0 Å². The van der Waals surface area contributed by atoms with E-state index in [9.17, 15) is 5.11 Å². The first kappa shape index (κ1) is 18.5. The number of hydrogen-bond acceptors (Lipinski definition) is 8. The van der Waals surface area contributed by atoms with E-state index in [1.807, 2.05) is 4.57 Å². The normalized spacial score (nSPS) is 24.4. The molecule has 2 aromatic rings. The molecule has 0 bridgehead atoms. The van der Waals surface area contributed by atoms with Gasteiger partial charge in [-0.05, 0) is 19.9 Å². The molecule has 1 atom stereocenters. The van der Waals surface area contributed by atoms with Crippen molar-refractivity contribution < 1.29 is 14.9 Å². The van der Waals surface area contributed by atoms with Crippen LogP contribution in [0.25, 0.3) is 11.2 Å². The summed E-state index contributed by atoms with van der Waals surface area (Å²) in [6, 6.07) is 0.486. The molecule has 0 spiro atoms. The molecule has 2 aliphatic rings. The maximum absolute atomic E-state index is 10.6. The van der Waals surface area contributed by atoms with E-state index in [-0.39, 0.29) is 6.61 Å². The van der Waals surface area contributed by atoms with E-state index < -0.39 is 5.60 Å². The summed E-state index contributed by atoms with van der Waals surface area (Å²) in [6.45, 7) is 4.06. The third-order valence-corrected chi connectivity index (χ3v) is 5.77. The summed E-state index contributed by atoms with van der Waals surface area (Å²) in [4.78, 5) is 18.0. The first-order chi connectivity index (χ1) is 13.1. The number of imidazole rings is 1. The Morgan fingerprint density at radius 2 is 2.11 bits per heavy atom. The van der Waals surface area contributed by atoms with Crippen LogP contribution < -0.4 is 4.90 Å². The number of rotatable bonds is 6. The second-order valence-electron chi connectivity index (χ2n) is 7.69. The molecule has 2 saturated heterocycles. The predicted molar refractivity (Wildman–Crippen MR) is 101 cm³/mol. The van der Waals surface area contributed by atoms with Crippen molar-refractivity contribution in [3.63, 3.8) is 0 Å². The molecule has 0 saturated carbocycles. The molecule has 4 rings (SSSR count). The second kappa shape index (κ2) is 7.67. The fourth-order valence-corrected chi connectivity index (χ4v) is 4.11. The minimum absolute atomic E-state index is 0.193. The lowest BCUT2D eigenvalue weighted by Gasteiger charge is -2.37. The lowest BCUT2D eigenvalue weighted by Crippen LogP contribution is -2.44. The summed E-state index contributed by atoms with van der Waals surface area (Å²) in [7, 11) is 2.07. The Morgan fingerprint density at radius 3 is 2.81 bits per heavy atom. The highest BCUT2D eigenvalue weighted by molar-refractivity contribution is 5.83. The Balaban J connectivity index is 1.50. The molecule has 9 heteroatoms. The van der Waals surface area contributed by atoms with Gasteiger partial charge in [0, 0.05) is 38.7 Å². The van der Waals surface area contributed by atoms with Gasteiger partial charge in [-0.2, -0.15) is 0 Å². The highest BCUT2D eigenvalue weighted by Gasteiger charge is 2.33. The van der Waals surface area contributed by atoms with Crippen molar-refractivity contribution >= 4 is 17.0 Å². The Kier molecular flexibility index (Phi) is 5.27. The van der Waals surface area contributed by atoms with Crippen LogP contribution in [-0.2, 0) is 11.3 Å². The molecule has 2 fully saturated rings. The first-order valence-electron chi connectivity index (χ1n) is 9.62. The molecule has 4 heterocycles. The van der Waals surface area contributed by atoms with Crippen LogP contribution in [0.3, 0.4) is 0 Å². The number of fused-ring (bicyclic) bond motifs is 1. The molecule has 0 aromatic carbocycles. The number of anilines is 1. The monoisotopic (exact) mass is 376 g/mol. The molecule has 0 amide bonds. The third kappa shape index (κ3) is 3.77. The highest BCUT2D eigenvalue weighted by atomic mass is 16.5. The van der Waals surface area contributed by atoms with Crippen molar-refractivity contribution in [3.8, 4) is 0 Å². The Hall–Kier alpha value is -1.81. The van der Waals surface area contributed by atoms with Crippen molar-refractivity contribution in [3.05, 3.63) is 12.7 Å². The van der Waals surface area contributed by atoms with Gasteiger partial charge in [-0.15, -0.1) is 0 Å². The molecule has 2 aliphatic heterocycles. The van der Waals surface area contributed by atoms with Gasteiger partial charge >= 0.3 is 0 Å². The lowest BCUT2D eigenvalue weighted by atomic mass is 10.0. The number of hydrogen-bond donors (Lipinski definition) is 2. The van der Waals surface area contributed by atoms with E-state index in [1.54, 1.807) is 12.7 Å². The maximum Gasteiger partial charge on any atom is 0.165 e. The van der Waals surface area contributed by atoms with E-state index in [2.05, 4.69) is 31.8 Å². The summed E-state index contributed by atoms with van der Waals surface area (Å²) in [5, 5.41) is 19.7. The molecule has 1 unspecified atom stereocenters. The number of aromatic nitrogens is 4. The summed E-state index contributed by atoms with van der Waals surface area (Å²) in [5.41, 5.74) is 0.677. The van der Waals surface area contributed by atoms with Gasteiger partial charge in [-0.3, -0.25) is 0 Å². The van der Waals surface area contributed by atoms with Crippen LogP contribution in [0.4, 0.5) is 5.82 Å². The first-order valence-corrected chi connectivity index (χ1v) is 9.62. The average Bonchev–Trinajstić information content (AvgIpc) is 3.29. The highest BCUT2D eigenvalue weighted by Crippen LogP contribution is 2.27. The maximum atomic E-state index is 10.6. The number of likely N-dealkylation sites (N-methyl/N-ethyl adjacent to an activating group) is 1. The lowest BCUT2D eigenvalue weighted by molar-refractivity contribution is 0.0126. The van der Waals surface area contributed by atoms with Gasteiger partial charge in [0.15, 0.2) is 17.0 Å². The SMILES string of the molecule is CN(CCO)C1CCN(c2ncnc3c2ncn3CC2(O)CCOC2)CC1. The number of aliphatic hydroxyl groups is 2. The standard InChI is InChI=1S/C18H28N6O3/c1-22(7-8-25)14-2-5-23(6-3-14)16-15-17(20-12-19-16)24(13-21-15)10-18(26)4-9-27-11-18/h12-14,25-26H,2-11H2,1H3. The molecular formula is C18H28N6O3. The Bertz CT molecular complexity index is 768. The molecule has 27 heavy (non-hydrogen) atoms. The average molecular weight is 376 g/mol. The molecule has 148 valence electrons. The molecule has 0 aliphatic carbocycles. The van der Waals surface area contributed by atoms with E-state index in [0.717, 1.165) is 42.9 Å². The summed E-state index contributed by atoms with van der Waals surface area (Å²) >= 11 is 0. The smallest absolute Gasteiger partial charge is 0.165 e. The summed E-state index contributed by atoms with van der Waals surface area (Å²) in [5.74, 6) is 0.858. The van der Waals surface area contributed by atoms with Crippen LogP contribution in [0.15, 0.2) is 12.7 Å². The minimum Gasteiger partial charge on any atom is -0.395 e. The molecule has 2 aromatic heterocycles. The largest absolute Gasteiger partial charge is 0.395 e. The number of piperidine rings is 1. The van der Waals surface area contributed by atoms with Crippen molar-refractivity contribution in [2.45, 2.75) is 37.5 Å². The Morgan fingerprint density at radius 1 is 1.30 bits per heavy atom. The van der Waals surface area contributed by atoms with Crippen LogP contribution >= 0.6 is 0 Å². The minimum atomic E-state index is -0.853.